The summed E-state index contributed by atoms with van der Waals surface area (Å²) in [5.74, 6) is -0.882. The van der Waals surface area contributed by atoms with Gasteiger partial charge in [-0.3, -0.25) is 0 Å². The Balaban J connectivity index is 2.68. The molecule has 13 heavy (non-hydrogen) atoms. The summed E-state index contributed by atoms with van der Waals surface area (Å²) in [7, 11) is 1.70. The van der Waals surface area contributed by atoms with Crippen molar-refractivity contribution < 1.29 is 9.90 Å². The maximum atomic E-state index is 10.9. The number of carbonyl (C=O) groups is 1. The number of fused-ring (bicyclic) bond motifs is 1. The van der Waals surface area contributed by atoms with Gasteiger partial charge in [-0.25, -0.2) is 4.79 Å². The van der Waals surface area contributed by atoms with Gasteiger partial charge in [-0.05, 0) is 30.4 Å². The van der Waals surface area contributed by atoms with Gasteiger partial charge in [-0.2, -0.15) is 0 Å². The van der Waals surface area contributed by atoms with Crippen LogP contribution in [0.15, 0.2) is 0 Å². The Morgan fingerprint density at radius 1 is 1.46 bits per heavy atom. The van der Waals surface area contributed by atoms with Crippen molar-refractivity contribution in [1.29, 1.82) is 0 Å². The third-order valence-electron chi connectivity index (χ3n) is 2.59. The van der Waals surface area contributed by atoms with Gasteiger partial charge in [-0.1, -0.05) is 11.6 Å². The molecule has 1 N–H and O–H groups in total. The Hall–Kier alpha value is -0.960. The third-order valence-corrected chi connectivity index (χ3v) is 3.07. The number of nitrogens with zero attached hydrogens (tertiary/aromatic N) is 1. The molecule has 1 aliphatic carbocycles. The molecular weight excluding hydrogens is 190 g/mol. The minimum atomic E-state index is -0.882. The Labute approximate surface area is 80.9 Å². The molecule has 0 saturated carbocycles. The quantitative estimate of drug-likeness (QED) is 0.750. The number of hydrogen-bond acceptors (Lipinski definition) is 1. The first-order valence-electron chi connectivity index (χ1n) is 4.22. The van der Waals surface area contributed by atoms with E-state index in [1.165, 1.54) is 0 Å². The highest BCUT2D eigenvalue weighted by atomic mass is 35.5. The van der Waals surface area contributed by atoms with E-state index < -0.39 is 5.97 Å². The first-order chi connectivity index (χ1) is 6.13. The molecule has 1 aromatic rings. The van der Waals surface area contributed by atoms with E-state index in [1.54, 1.807) is 11.6 Å². The van der Waals surface area contributed by atoms with Crippen molar-refractivity contribution in [2.75, 3.05) is 0 Å². The molecule has 1 aliphatic rings. The summed E-state index contributed by atoms with van der Waals surface area (Å²) in [6.45, 7) is 0. The molecule has 2 rings (SSSR count). The largest absolute Gasteiger partial charge is 0.477 e. The van der Waals surface area contributed by atoms with Gasteiger partial charge in [0.25, 0.3) is 0 Å². The van der Waals surface area contributed by atoms with E-state index in [0.717, 1.165) is 30.4 Å². The highest BCUT2D eigenvalue weighted by Crippen LogP contribution is 2.33. The van der Waals surface area contributed by atoms with Crippen LogP contribution in [0.3, 0.4) is 0 Å². The second-order valence-electron chi connectivity index (χ2n) is 3.31. The molecule has 1 heterocycles. The van der Waals surface area contributed by atoms with Crippen molar-refractivity contribution in [3.05, 3.63) is 22.0 Å². The van der Waals surface area contributed by atoms with Crippen LogP contribution in [0.5, 0.6) is 0 Å². The fraction of sp³-hybridized carbons (Fsp3) is 0.444. The lowest BCUT2D eigenvalue weighted by atomic mass is 10.2. The predicted octanol–water partition coefficient (Wildman–Crippen LogP) is 1.87. The SMILES string of the molecule is Cn1c(Cl)c2c(c1C(=O)O)CCC2. The standard InChI is InChI=1S/C9H10ClNO2/c1-11-7(9(12)13)5-3-2-4-6(5)8(11)10/h2-4H2,1H3,(H,12,13). The lowest BCUT2D eigenvalue weighted by molar-refractivity contribution is 0.0685. The van der Waals surface area contributed by atoms with E-state index in [0.29, 0.717) is 10.8 Å². The van der Waals surface area contributed by atoms with Gasteiger partial charge in [0.2, 0.25) is 0 Å². The van der Waals surface area contributed by atoms with Crippen molar-refractivity contribution in [1.82, 2.24) is 4.57 Å². The number of carboxylic acids is 1. The number of aromatic carboxylic acids is 1. The first-order valence-corrected chi connectivity index (χ1v) is 4.60. The molecule has 0 spiro atoms. The average molecular weight is 200 g/mol. The van der Waals surface area contributed by atoms with E-state index in [1.807, 2.05) is 0 Å². The summed E-state index contributed by atoms with van der Waals surface area (Å²) in [4.78, 5) is 10.9. The monoisotopic (exact) mass is 199 g/mol. The minimum Gasteiger partial charge on any atom is -0.477 e. The summed E-state index contributed by atoms with van der Waals surface area (Å²) < 4.78 is 1.56. The van der Waals surface area contributed by atoms with Gasteiger partial charge < -0.3 is 9.67 Å². The number of hydrogen-bond donors (Lipinski definition) is 1. The van der Waals surface area contributed by atoms with Gasteiger partial charge >= 0.3 is 5.97 Å². The summed E-state index contributed by atoms with van der Waals surface area (Å²) in [6, 6.07) is 0. The Morgan fingerprint density at radius 3 is 2.69 bits per heavy atom. The molecule has 0 amide bonds. The zero-order valence-corrected chi connectivity index (χ0v) is 8.06. The van der Waals surface area contributed by atoms with Gasteiger partial charge in [0.05, 0.1) is 0 Å². The van der Waals surface area contributed by atoms with Crippen molar-refractivity contribution in [3.8, 4) is 0 Å². The highest BCUT2D eigenvalue weighted by molar-refractivity contribution is 6.31. The zero-order chi connectivity index (χ0) is 9.59. The topological polar surface area (TPSA) is 42.2 Å². The summed E-state index contributed by atoms with van der Waals surface area (Å²) in [6.07, 6.45) is 2.78. The number of carboxylic acid groups (broad SMARTS) is 1. The second kappa shape index (κ2) is 2.77. The third kappa shape index (κ3) is 1.07. The van der Waals surface area contributed by atoms with Crippen LogP contribution in [0.4, 0.5) is 0 Å². The molecule has 0 unspecified atom stereocenters. The van der Waals surface area contributed by atoms with E-state index in [4.69, 9.17) is 16.7 Å². The van der Waals surface area contributed by atoms with Crippen LogP contribution in [-0.2, 0) is 19.9 Å². The number of rotatable bonds is 1. The molecule has 0 aliphatic heterocycles. The lowest BCUT2D eigenvalue weighted by Gasteiger charge is -2.00. The van der Waals surface area contributed by atoms with E-state index in [9.17, 15) is 4.79 Å². The number of aromatic nitrogens is 1. The first kappa shape index (κ1) is 8.63. The van der Waals surface area contributed by atoms with Gasteiger partial charge in [-0.15, -0.1) is 0 Å². The van der Waals surface area contributed by atoms with Crippen molar-refractivity contribution in [3.63, 3.8) is 0 Å². The molecule has 0 aromatic carbocycles. The van der Waals surface area contributed by atoms with Gasteiger partial charge in [0, 0.05) is 7.05 Å². The van der Waals surface area contributed by atoms with Crippen molar-refractivity contribution in [2.45, 2.75) is 19.3 Å². The van der Waals surface area contributed by atoms with Gasteiger partial charge in [0.15, 0.2) is 0 Å². The van der Waals surface area contributed by atoms with Crippen LogP contribution < -0.4 is 0 Å². The molecule has 3 nitrogen and oxygen atoms in total. The lowest BCUT2D eigenvalue weighted by Crippen LogP contribution is -2.07. The molecule has 1 aromatic heterocycles. The minimum absolute atomic E-state index is 0.359. The highest BCUT2D eigenvalue weighted by Gasteiger charge is 2.26. The maximum absolute atomic E-state index is 10.9. The Kier molecular flexibility index (Phi) is 1.84. The van der Waals surface area contributed by atoms with Crippen molar-refractivity contribution in [2.24, 2.45) is 7.05 Å². The molecular formula is C9H10ClNO2. The molecule has 70 valence electrons. The van der Waals surface area contributed by atoms with Crippen LogP contribution in [-0.4, -0.2) is 15.6 Å². The van der Waals surface area contributed by atoms with Crippen LogP contribution in [0.25, 0.3) is 0 Å². The summed E-state index contributed by atoms with van der Waals surface area (Å²) in [5, 5.41) is 9.55. The smallest absolute Gasteiger partial charge is 0.352 e. The van der Waals surface area contributed by atoms with E-state index in [-0.39, 0.29) is 0 Å². The fourth-order valence-electron chi connectivity index (χ4n) is 2.01. The molecule has 0 saturated heterocycles. The molecule has 0 atom stereocenters. The Morgan fingerprint density at radius 2 is 2.08 bits per heavy atom. The van der Waals surface area contributed by atoms with Crippen LogP contribution >= 0.6 is 11.6 Å². The summed E-state index contributed by atoms with van der Waals surface area (Å²) >= 11 is 6.00. The molecule has 4 heteroatoms. The molecule has 0 radical (unpaired) electrons. The van der Waals surface area contributed by atoms with Crippen LogP contribution in [0.2, 0.25) is 5.15 Å². The predicted molar refractivity (Wildman–Crippen MR) is 49.4 cm³/mol. The maximum Gasteiger partial charge on any atom is 0.352 e. The van der Waals surface area contributed by atoms with Crippen LogP contribution in [0, 0.1) is 0 Å². The van der Waals surface area contributed by atoms with Crippen molar-refractivity contribution >= 4 is 17.6 Å². The molecule has 0 fully saturated rings. The zero-order valence-electron chi connectivity index (χ0n) is 7.30. The average Bonchev–Trinajstić information content (AvgIpc) is 2.57. The second-order valence-corrected chi connectivity index (χ2v) is 3.67. The Bertz CT molecular complexity index is 381. The molecule has 0 bridgehead atoms. The van der Waals surface area contributed by atoms with Gasteiger partial charge in [0.1, 0.15) is 10.8 Å². The van der Waals surface area contributed by atoms with E-state index in [2.05, 4.69) is 0 Å². The number of halogens is 1. The van der Waals surface area contributed by atoms with Crippen LogP contribution in [0.1, 0.15) is 28.0 Å². The normalized spacial score (nSPS) is 14.6. The van der Waals surface area contributed by atoms with E-state index >= 15 is 0 Å². The summed E-state index contributed by atoms with van der Waals surface area (Å²) in [5.41, 5.74) is 2.32. The fourth-order valence-corrected chi connectivity index (χ4v) is 2.30.